The van der Waals surface area contributed by atoms with Gasteiger partial charge >= 0.3 is 0 Å². The van der Waals surface area contributed by atoms with Crippen molar-refractivity contribution in [2.24, 2.45) is 0 Å². The molecule has 60 heavy (non-hydrogen) atoms. The summed E-state index contributed by atoms with van der Waals surface area (Å²) in [6, 6.07) is 67.5. The van der Waals surface area contributed by atoms with E-state index in [0.29, 0.717) is 17.5 Å². The second kappa shape index (κ2) is 13.7. The number of nitrogens with zero attached hydrogens (tertiary/aromatic N) is 3. The van der Waals surface area contributed by atoms with E-state index in [1.165, 1.54) is 66.8 Å². The van der Waals surface area contributed by atoms with Crippen molar-refractivity contribution < 1.29 is 0 Å². The summed E-state index contributed by atoms with van der Waals surface area (Å²) in [4.78, 5) is 15.5. The maximum absolute atomic E-state index is 5.18. The molecule has 0 aliphatic heterocycles. The molecule has 0 radical (unpaired) electrons. The van der Waals surface area contributed by atoms with E-state index >= 15 is 0 Å². The summed E-state index contributed by atoms with van der Waals surface area (Å²) in [5.41, 5.74) is 20.4. The van der Waals surface area contributed by atoms with E-state index in [4.69, 9.17) is 15.0 Å². The van der Waals surface area contributed by atoms with Crippen molar-refractivity contribution in [3.63, 3.8) is 0 Å². The van der Waals surface area contributed by atoms with Crippen LogP contribution in [0, 0.1) is 0 Å². The van der Waals surface area contributed by atoms with Crippen LogP contribution in [0.3, 0.4) is 0 Å². The van der Waals surface area contributed by atoms with Crippen molar-refractivity contribution in [2.75, 3.05) is 0 Å². The Kier molecular flexibility index (Phi) is 8.18. The van der Waals surface area contributed by atoms with Crippen molar-refractivity contribution in [1.82, 2.24) is 15.0 Å². The molecule has 0 fully saturated rings. The number of benzene rings is 8. The maximum Gasteiger partial charge on any atom is 0.164 e. The van der Waals surface area contributed by atoms with Crippen LogP contribution < -0.4 is 0 Å². The van der Waals surface area contributed by atoms with Gasteiger partial charge in [0.1, 0.15) is 0 Å². The second-order valence-corrected chi connectivity index (χ2v) is 17.2. The van der Waals surface area contributed by atoms with E-state index in [-0.39, 0.29) is 10.8 Å². The van der Waals surface area contributed by atoms with Crippen molar-refractivity contribution in [3.05, 3.63) is 210 Å². The molecule has 1 aromatic heterocycles. The minimum Gasteiger partial charge on any atom is -0.208 e. The molecule has 2 aliphatic carbocycles. The smallest absolute Gasteiger partial charge is 0.164 e. The van der Waals surface area contributed by atoms with Crippen LogP contribution in [0.15, 0.2) is 188 Å². The zero-order valence-electron chi connectivity index (χ0n) is 34.2. The van der Waals surface area contributed by atoms with Gasteiger partial charge in [-0.05, 0) is 90.0 Å². The third-order valence-electron chi connectivity index (χ3n) is 13.0. The molecular formula is C57H43N3. The third-order valence-corrected chi connectivity index (χ3v) is 13.0. The molecule has 11 rings (SSSR count). The summed E-state index contributed by atoms with van der Waals surface area (Å²) < 4.78 is 0. The zero-order valence-corrected chi connectivity index (χ0v) is 34.2. The molecular weight excluding hydrogens is 727 g/mol. The minimum absolute atomic E-state index is 0.0922. The lowest BCUT2D eigenvalue weighted by atomic mass is 9.77. The van der Waals surface area contributed by atoms with Crippen molar-refractivity contribution in [1.29, 1.82) is 0 Å². The molecule has 3 heteroatoms. The zero-order chi connectivity index (χ0) is 40.6. The fraction of sp³-hybridized carbons (Fsp3) is 0.105. The first-order chi connectivity index (χ1) is 29.2. The highest BCUT2D eigenvalue weighted by Crippen LogP contribution is 2.54. The fourth-order valence-corrected chi connectivity index (χ4v) is 9.78. The Hall–Kier alpha value is -7.23. The fourth-order valence-electron chi connectivity index (χ4n) is 9.78. The highest BCUT2D eigenvalue weighted by atomic mass is 15.0. The van der Waals surface area contributed by atoms with Crippen molar-refractivity contribution in [3.8, 4) is 89.8 Å². The Morgan fingerprint density at radius 2 is 0.650 bits per heavy atom. The van der Waals surface area contributed by atoms with E-state index in [9.17, 15) is 0 Å². The molecule has 0 spiro atoms. The topological polar surface area (TPSA) is 38.7 Å². The van der Waals surface area contributed by atoms with Gasteiger partial charge in [0.05, 0.1) is 0 Å². The molecule has 0 atom stereocenters. The van der Waals surface area contributed by atoms with Crippen LogP contribution in [-0.4, -0.2) is 15.0 Å². The van der Waals surface area contributed by atoms with Gasteiger partial charge in [0.2, 0.25) is 0 Å². The van der Waals surface area contributed by atoms with E-state index in [1.807, 2.05) is 12.1 Å². The monoisotopic (exact) mass is 769 g/mol. The largest absolute Gasteiger partial charge is 0.208 e. The molecule has 0 saturated carbocycles. The number of hydrogen-bond acceptors (Lipinski definition) is 3. The Bertz CT molecular complexity index is 3010. The SMILES string of the molecule is CC1(C)c2cc(-c3nc(-c4ccc(-c5ccccc5)cc4)nc(-c4ccc(-c5ccccc5)cc4)n3)ccc2-c2ccc(-c3cccc4c3C(C)(C)c3ccccc3-4)cc21. The number of hydrogen-bond donors (Lipinski definition) is 0. The third kappa shape index (κ3) is 5.76. The predicted molar refractivity (Wildman–Crippen MR) is 248 cm³/mol. The van der Waals surface area contributed by atoms with Gasteiger partial charge in [0.25, 0.3) is 0 Å². The Morgan fingerprint density at radius 3 is 1.22 bits per heavy atom. The molecule has 1 heterocycles. The van der Waals surface area contributed by atoms with Gasteiger partial charge in [-0.15, -0.1) is 0 Å². The lowest BCUT2D eigenvalue weighted by Crippen LogP contribution is -2.17. The number of aromatic nitrogens is 3. The normalized spacial score (nSPS) is 13.9. The van der Waals surface area contributed by atoms with Crippen LogP contribution in [0.1, 0.15) is 49.9 Å². The lowest BCUT2D eigenvalue weighted by molar-refractivity contribution is 0.659. The lowest BCUT2D eigenvalue weighted by Gasteiger charge is -2.26. The van der Waals surface area contributed by atoms with Crippen molar-refractivity contribution in [2.45, 2.75) is 38.5 Å². The maximum atomic E-state index is 5.18. The van der Waals surface area contributed by atoms with Crippen LogP contribution in [-0.2, 0) is 10.8 Å². The molecule has 9 aromatic rings. The van der Waals surface area contributed by atoms with Gasteiger partial charge in [0.15, 0.2) is 17.5 Å². The Balaban J connectivity index is 0.991. The second-order valence-electron chi connectivity index (χ2n) is 17.2. The summed E-state index contributed by atoms with van der Waals surface area (Å²) in [6.07, 6.45) is 0. The van der Waals surface area contributed by atoms with Gasteiger partial charge in [-0.3, -0.25) is 0 Å². The molecule has 0 saturated heterocycles. The average Bonchev–Trinajstić information content (AvgIpc) is 3.68. The molecule has 0 unspecified atom stereocenters. The molecule has 0 bridgehead atoms. The highest BCUT2D eigenvalue weighted by Gasteiger charge is 2.39. The van der Waals surface area contributed by atoms with Gasteiger partial charge in [-0.25, -0.2) is 15.0 Å². The van der Waals surface area contributed by atoms with Crippen LogP contribution in [0.5, 0.6) is 0 Å². The highest BCUT2D eigenvalue weighted by molar-refractivity contribution is 5.91. The standard InChI is InChI=1S/C57H43N3/c1-56(2)50-34-42(44-19-13-20-48-45-18-11-12-21-49(45)57(3,4)52(44)48)30-32-46(50)47-33-31-43(35-51(47)56)55-59-53(40-26-22-38(23-27-40)36-14-7-5-8-15-36)58-54(60-55)41-28-24-39(25-29-41)37-16-9-6-10-17-37/h5-35H,1-4H3. The summed E-state index contributed by atoms with van der Waals surface area (Å²) in [5, 5.41) is 0. The number of rotatable bonds is 6. The van der Waals surface area contributed by atoms with Gasteiger partial charge in [-0.2, -0.15) is 0 Å². The van der Waals surface area contributed by atoms with E-state index < -0.39 is 0 Å². The van der Waals surface area contributed by atoms with Crippen LogP contribution in [0.4, 0.5) is 0 Å². The average molecular weight is 770 g/mol. The van der Waals surface area contributed by atoms with E-state index in [0.717, 1.165) is 27.8 Å². The van der Waals surface area contributed by atoms with Crippen LogP contribution in [0.25, 0.3) is 89.8 Å². The quantitative estimate of drug-likeness (QED) is 0.169. The van der Waals surface area contributed by atoms with E-state index in [1.54, 1.807) is 0 Å². The van der Waals surface area contributed by atoms with Gasteiger partial charge in [0, 0.05) is 27.5 Å². The van der Waals surface area contributed by atoms with Crippen LogP contribution in [0.2, 0.25) is 0 Å². The van der Waals surface area contributed by atoms with Gasteiger partial charge < -0.3 is 0 Å². The molecule has 0 N–H and O–H groups in total. The Morgan fingerprint density at radius 1 is 0.267 bits per heavy atom. The van der Waals surface area contributed by atoms with Crippen molar-refractivity contribution >= 4 is 0 Å². The summed E-state index contributed by atoms with van der Waals surface area (Å²) in [7, 11) is 0. The van der Waals surface area contributed by atoms with E-state index in [2.05, 4.69) is 204 Å². The minimum atomic E-state index is -0.244. The molecule has 286 valence electrons. The van der Waals surface area contributed by atoms with Gasteiger partial charge in [-0.1, -0.05) is 204 Å². The summed E-state index contributed by atoms with van der Waals surface area (Å²) in [6.45, 7) is 9.45. The molecule has 2 aliphatic rings. The molecule has 0 amide bonds. The first-order valence-corrected chi connectivity index (χ1v) is 20.9. The number of fused-ring (bicyclic) bond motifs is 6. The first kappa shape index (κ1) is 35.9. The predicted octanol–water partition coefficient (Wildman–Crippen LogP) is 14.5. The summed E-state index contributed by atoms with van der Waals surface area (Å²) >= 11 is 0. The molecule has 3 nitrogen and oxygen atoms in total. The summed E-state index contributed by atoms with van der Waals surface area (Å²) in [5.74, 6) is 1.95. The first-order valence-electron chi connectivity index (χ1n) is 20.9. The molecule has 8 aromatic carbocycles. The van der Waals surface area contributed by atoms with Crippen LogP contribution >= 0.6 is 0 Å². The Labute approximate surface area is 352 Å².